The SMILES string of the molecule is CCCc1cc(C(=O)NC2c3ccc(C)cc3Oc3cccc(C)c32)c(=O)[nH]c1C(F)(F)F. The monoisotopic (exact) mass is 456 g/mol. The molecule has 4 rings (SSSR count). The van der Waals surface area contributed by atoms with Crippen molar-refractivity contribution in [1.29, 1.82) is 0 Å². The molecule has 1 unspecified atom stereocenters. The van der Waals surface area contributed by atoms with E-state index in [0.29, 0.717) is 23.5 Å². The van der Waals surface area contributed by atoms with Gasteiger partial charge >= 0.3 is 6.18 Å². The topological polar surface area (TPSA) is 71.2 Å². The number of alkyl halides is 3. The van der Waals surface area contributed by atoms with Gasteiger partial charge in [0.05, 0.1) is 6.04 Å². The Kier molecular flexibility index (Phi) is 5.78. The number of aromatic nitrogens is 1. The standard InChI is InChI=1S/C25H23F3N2O3/c1-4-6-15-12-17(24(32)30-22(15)25(26,27)28)23(31)29-21-16-10-9-13(2)11-19(16)33-18-8-5-7-14(3)20(18)21/h5,7-12,21H,4,6H2,1-3H3,(H,29,31)(H,30,32). The van der Waals surface area contributed by atoms with Crippen LogP contribution in [0.3, 0.4) is 0 Å². The minimum atomic E-state index is -4.72. The predicted molar refractivity (Wildman–Crippen MR) is 118 cm³/mol. The third-order valence-electron chi connectivity index (χ3n) is 5.72. The van der Waals surface area contributed by atoms with Crippen molar-refractivity contribution in [3.05, 3.63) is 91.9 Å². The van der Waals surface area contributed by atoms with Crippen LogP contribution in [0.2, 0.25) is 0 Å². The first-order chi connectivity index (χ1) is 15.6. The maximum Gasteiger partial charge on any atom is 0.431 e. The van der Waals surface area contributed by atoms with E-state index in [4.69, 9.17) is 4.74 Å². The van der Waals surface area contributed by atoms with Crippen molar-refractivity contribution >= 4 is 5.91 Å². The lowest BCUT2D eigenvalue weighted by molar-refractivity contribution is -0.142. The van der Waals surface area contributed by atoms with Gasteiger partial charge in [-0.25, -0.2) is 0 Å². The Morgan fingerprint density at radius 1 is 1.12 bits per heavy atom. The molecule has 8 heteroatoms. The Morgan fingerprint density at radius 2 is 1.88 bits per heavy atom. The van der Waals surface area contributed by atoms with Crippen LogP contribution < -0.4 is 15.6 Å². The van der Waals surface area contributed by atoms with Gasteiger partial charge in [-0.2, -0.15) is 13.2 Å². The Bertz CT molecular complexity index is 1300. The van der Waals surface area contributed by atoms with E-state index < -0.39 is 29.4 Å². The molecule has 0 bridgehead atoms. The van der Waals surface area contributed by atoms with E-state index in [-0.39, 0.29) is 17.5 Å². The quantitative estimate of drug-likeness (QED) is 0.538. The molecule has 0 saturated heterocycles. The van der Waals surface area contributed by atoms with E-state index in [2.05, 4.69) is 5.32 Å². The zero-order chi connectivity index (χ0) is 23.9. The Labute approximate surface area is 188 Å². The number of amides is 1. The zero-order valence-corrected chi connectivity index (χ0v) is 18.4. The molecule has 1 aromatic heterocycles. The molecule has 1 amide bonds. The smallest absolute Gasteiger partial charge is 0.431 e. The summed E-state index contributed by atoms with van der Waals surface area (Å²) in [7, 11) is 0. The molecule has 0 radical (unpaired) electrons. The highest BCUT2D eigenvalue weighted by atomic mass is 19.4. The van der Waals surface area contributed by atoms with Crippen LogP contribution in [0, 0.1) is 13.8 Å². The van der Waals surface area contributed by atoms with Gasteiger partial charge in [0.2, 0.25) is 0 Å². The molecule has 1 atom stereocenters. The highest BCUT2D eigenvalue weighted by Gasteiger charge is 2.36. The summed E-state index contributed by atoms with van der Waals surface area (Å²) in [5.41, 5.74) is 0.610. The molecule has 0 spiro atoms. The van der Waals surface area contributed by atoms with Gasteiger partial charge in [0.15, 0.2) is 0 Å². The number of halogens is 3. The number of carbonyl (C=O) groups excluding carboxylic acids is 1. The summed E-state index contributed by atoms with van der Waals surface area (Å²) < 4.78 is 46.2. The summed E-state index contributed by atoms with van der Waals surface area (Å²) in [5.74, 6) is 0.396. The average molecular weight is 456 g/mol. The molecule has 2 aromatic carbocycles. The van der Waals surface area contributed by atoms with Gasteiger partial charge in [-0.1, -0.05) is 37.6 Å². The summed E-state index contributed by atoms with van der Waals surface area (Å²) in [6.45, 7) is 5.52. The van der Waals surface area contributed by atoms with Crippen LogP contribution >= 0.6 is 0 Å². The van der Waals surface area contributed by atoms with Crippen LogP contribution in [-0.2, 0) is 12.6 Å². The first kappa shape index (κ1) is 22.6. The van der Waals surface area contributed by atoms with Gasteiger partial charge in [0.25, 0.3) is 11.5 Å². The average Bonchev–Trinajstić information content (AvgIpc) is 2.73. The molecule has 2 heterocycles. The molecule has 0 aliphatic carbocycles. The summed E-state index contributed by atoms with van der Waals surface area (Å²) in [5, 5.41) is 2.86. The number of rotatable bonds is 4. The molecule has 1 aliphatic heterocycles. The van der Waals surface area contributed by atoms with Crippen molar-refractivity contribution in [1.82, 2.24) is 10.3 Å². The van der Waals surface area contributed by atoms with Gasteiger partial charge in [0, 0.05) is 11.1 Å². The summed E-state index contributed by atoms with van der Waals surface area (Å²) in [6.07, 6.45) is -4.21. The van der Waals surface area contributed by atoms with Gasteiger partial charge in [0.1, 0.15) is 22.8 Å². The van der Waals surface area contributed by atoms with Gasteiger partial charge < -0.3 is 15.0 Å². The molecule has 1 aliphatic rings. The van der Waals surface area contributed by atoms with Crippen molar-refractivity contribution in [2.24, 2.45) is 0 Å². The molecule has 172 valence electrons. The summed E-state index contributed by atoms with van der Waals surface area (Å²) in [4.78, 5) is 27.6. The van der Waals surface area contributed by atoms with Crippen LogP contribution in [0.1, 0.15) is 63.3 Å². The number of aryl methyl sites for hydroxylation is 3. The number of hydrogen-bond acceptors (Lipinski definition) is 3. The Hall–Kier alpha value is -3.55. The minimum absolute atomic E-state index is 0.0766. The number of hydrogen-bond donors (Lipinski definition) is 2. The molecule has 3 aromatic rings. The van der Waals surface area contributed by atoms with Crippen LogP contribution in [0.25, 0.3) is 0 Å². The molecule has 2 N–H and O–H groups in total. The van der Waals surface area contributed by atoms with Crippen LogP contribution in [-0.4, -0.2) is 10.9 Å². The van der Waals surface area contributed by atoms with E-state index in [1.165, 1.54) is 0 Å². The van der Waals surface area contributed by atoms with Gasteiger partial charge in [-0.15, -0.1) is 0 Å². The Morgan fingerprint density at radius 3 is 2.58 bits per heavy atom. The zero-order valence-electron chi connectivity index (χ0n) is 18.4. The molecule has 0 saturated carbocycles. The van der Waals surface area contributed by atoms with Crippen molar-refractivity contribution in [3.8, 4) is 11.5 Å². The van der Waals surface area contributed by atoms with Gasteiger partial charge in [-0.3, -0.25) is 9.59 Å². The third kappa shape index (κ3) is 4.25. The number of H-pyrrole nitrogens is 1. The second kappa shape index (κ2) is 8.42. The Balaban J connectivity index is 1.78. The maximum atomic E-state index is 13.4. The lowest BCUT2D eigenvalue weighted by Gasteiger charge is -2.30. The number of nitrogens with one attached hydrogen (secondary N) is 2. The summed E-state index contributed by atoms with van der Waals surface area (Å²) >= 11 is 0. The van der Waals surface area contributed by atoms with E-state index in [1.807, 2.05) is 49.2 Å². The van der Waals surface area contributed by atoms with E-state index in [1.54, 1.807) is 13.0 Å². The number of benzene rings is 2. The summed E-state index contributed by atoms with van der Waals surface area (Å²) in [6, 6.07) is 11.5. The van der Waals surface area contributed by atoms with Crippen molar-refractivity contribution in [3.63, 3.8) is 0 Å². The fourth-order valence-corrected chi connectivity index (χ4v) is 4.18. The van der Waals surface area contributed by atoms with E-state index in [0.717, 1.165) is 22.8 Å². The number of pyridine rings is 1. The first-order valence-corrected chi connectivity index (χ1v) is 10.6. The van der Waals surface area contributed by atoms with Crippen molar-refractivity contribution in [2.45, 2.75) is 45.8 Å². The molecule has 0 fully saturated rings. The van der Waals surface area contributed by atoms with E-state index >= 15 is 0 Å². The second-order valence-electron chi connectivity index (χ2n) is 8.20. The fraction of sp³-hybridized carbons (Fsp3) is 0.280. The van der Waals surface area contributed by atoms with Crippen LogP contribution in [0.15, 0.2) is 47.3 Å². The highest BCUT2D eigenvalue weighted by molar-refractivity contribution is 5.94. The minimum Gasteiger partial charge on any atom is -0.457 e. The largest absolute Gasteiger partial charge is 0.457 e. The number of fused-ring (bicyclic) bond motifs is 2. The predicted octanol–water partition coefficient (Wildman–Crippen LogP) is 5.59. The number of carbonyl (C=O) groups is 1. The number of aromatic amines is 1. The van der Waals surface area contributed by atoms with Crippen molar-refractivity contribution < 1.29 is 22.7 Å². The van der Waals surface area contributed by atoms with Crippen LogP contribution in [0.5, 0.6) is 11.5 Å². The fourth-order valence-electron chi connectivity index (χ4n) is 4.18. The maximum absolute atomic E-state index is 13.4. The molecular weight excluding hydrogens is 433 g/mol. The lowest BCUT2D eigenvalue weighted by atomic mass is 9.90. The van der Waals surface area contributed by atoms with Crippen molar-refractivity contribution in [2.75, 3.05) is 0 Å². The van der Waals surface area contributed by atoms with Gasteiger partial charge in [-0.05, 0) is 55.2 Å². The highest BCUT2D eigenvalue weighted by Crippen LogP contribution is 2.44. The molecular formula is C25H23F3N2O3. The van der Waals surface area contributed by atoms with Crippen LogP contribution in [0.4, 0.5) is 13.2 Å². The number of ether oxygens (including phenoxy) is 1. The first-order valence-electron chi connectivity index (χ1n) is 10.6. The molecule has 5 nitrogen and oxygen atoms in total. The van der Waals surface area contributed by atoms with E-state index in [9.17, 15) is 22.8 Å². The second-order valence-corrected chi connectivity index (χ2v) is 8.20. The lowest BCUT2D eigenvalue weighted by Crippen LogP contribution is -2.36. The molecule has 33 heavy (non-hydrogen) atoms. The normalized spacial score (nSPS) is 14.8. The third-order valence-corrected chi connectivity index (χ3v) is 5.72.